The lowest BCUT2D eigenvalue weighted by atomic mass is 10.0. The summed E-state index contributed by atoms with van der Waals surface area (Å²) in [6.45, 7) is 6.20. The van der Waals surface area contributed by atoms with Crippen molar-refractivity contribution in [3.63, 3.8) is 0 Å². The SMILES string of the molecule is CC(C)(C)OC(=O)CC1c2ccccc2CN1c1ccc([N+](=O)[O-])cc1. The van der Waals surface area contributed by atoms with Crippen molar-refractivity contribution in [2.75, 3.05) is 4.90 Å². The molecule has 2 aromatic rings. The van der Waals surface area contributed by atoms with Crippen LogP contribution in [-0.4, -0.2) is 16.5 Å². The topological polar surface area (TPSA) is 72.7 Å². The van der Waals surface area contributed by atoms with Crippen molar-refractivity contribution in [3.05, 3.63) is 69.8 Å². The minimum Gasteiger partial charge on any atom is -0.460 e. The molecule has 6 nitrogen and oxygen atoms in total. The number of nitrogens with zero attached hydrogens (tertiary/aromatic N) is 2. The molecule has 1 aliphatic heterocycles. The van der Waals surface area contributed by atoms with E-state index in [0.717, 1.165) is 16.8 Å². The van der Waals surface area contributed by atoms with Crippen LogP contribution in [0.2, 0.25) is 0 Å². The fourth-order valence-corrected chi connectivity index (χ4v) is 3.26. The van der Waals surface area contributed by atoms with Gasteiger partial charge >= 0.3 is 5.97 Å². The molecular weight excluding hydrogens is 332 g/mol. The molecule has 136 valence electrons. The van der Waals surface area contributed by atoms with Crippen LogP contribution in [0.5, 0.6) is 0 Å². The minimum atomic E-state index is -0.534. The second-order valence-electron chi connectivity index (χ2n) is 7.41. The van der Waals surface area contributed by atoms with Crippen molar-refractivity contribution in [1.29, 1.82) is 0 Å². The summed E-state index contributed by atoms with van der Waals surface area (Å²) in [4.78, 5) is 25.0. The standard InChI is InChI=1S/C20H22N2O4/c1-20(2,3)26-19(23)12-18-17-7-5-4-6-14(17)13-21(18)15-8-10-16(11-9-15)22(24)25/h4-11,18H,12-13H2,1-3H3. The lowest BCUT2D eigenvalue weighted by Crippen LogP contribution is -2.29. The second kappa shape index (κ2) is 6.78. The normalized spacial score (nSPS) is 16.3. The molecule has 0 fully saturated rings. The van der Waals surface area contributed by atoms with Gasteiger partial charge < -0.3 is 9.64 Å². The summed E-state index contributed by atoms with van der Waals surface area (Å²) in [5, 5.41) is 10.9. The van der Waals surface area contributed by atoms with Crippen LogP contribution < -0.4 is 4.90 Å². The molecule has 0 aliphatic carbocycles. The number of non-ortho nitro benzene ring substituents is 1. The van der Waals surface area contributed by atoms with Gasteiger partial charge in [0.15, 0.2) is 0 Å². The van der Waals surface area contributed by atoms with Gasteiger partial charge in [0.05, 0.1) is 17.4 Å². The summed E-state index contributed by atoms with van der Waals surface area (Å²) < 4.78 is 5.49. The van der Waals surface area contributed by atoms with Crippen molar-refractivity contribution < 1.29 is 14.5 Å². The first kappa shape index (κ1) is 17.9. The van der Waals surface area contributed by atoms with E-state index >= 15 is 0 Å². The fraction of sp³-hybridized carbons (Fsp3) is 0.350. The number of hydrogen-bond acceptors (Lipinski definition) is 5. The number of carbonyl (C=O) groups excluding carboxylic acids is 1. The van der Waals surface area contributed by atoms with Gasteiger partial charge in [-0.3, -0.25) is 14.9 Å². The van der Waals surface area contributed by atoms with Crippen molar-refractivity contribution in [2.45, 2.75) is 45.4 Å². The van der Waals surface area contributed by atoms with Gasteiger partial charge in [-0.05, 0) is 44.0 Å². The Morgan fingerprint density at radius 3 is 2.46 bits per heavy atom. The Labute approximate surface area is 152 Å². The number of nitro groups is 1. The van der Waals surface area contributed by atoms with E-state index in [0.29, 0.717) is 6.54 Å². The van der Waals surface area contributed by atoms with E-state index in [4.69, 9.17) is 4.74 Å². The second-order valence-corrected chi connectivity index (χ2v) is 7.41. The highest BCUT2D eigenvalue weighted by Gasteiger charge is 2.33. The molecule has 0 saturated carbocycles. The first-order valence-electron chi connectivity index (χ1n) is 8.55. The summed E-state index contributed by atoms with van der Waals surface area (Å²) in [5.74, 6) is -0.258. The molecule has 1 aliphatic rings. The van der Waals surface area contributed by atoms with Gasteiger partial charge in [-0.25, -0.2) is 0 Å². The van der Waals surface area contributed by atoms with E-state index in [-0.39, 0.29) is 24.1 Å². The maximum Gasteiger partial charge on any atom is 0.308 e. The molecule has 6 heteroatoms. The quantitative estimate of drug-likeness (QED) is 0.462. The van der Waals surface area contributed by atoms with Crippen molar-refractivity contribution >= 4 is 17.3 Å². The molecule has 0 spiro atoms. The molecule has 1 atom stereocenters. The van der Waals surface area contributed by atoms with Gasteiger partial charge in [-0.1, -0.05) is 24.3 Å². The van der Waals surface area contributed by atoms with Crippen molar-refractivity contribution in [1.82, 2.24) is 0 Å². The van der Waals surface area contributed by atoms with Crippen LogP contribution in [-0.2, 0) is 16.1 Å². The monoisotopic (exact) mass is 354 g/mol. The number of hydrogen-bond donors (Lipinski definition) is 0. The van der Waals surface area contributed by atoms with Crippen LogP contribution in [0.3, 0.4) is 0 Å². The fourth-order valence-electron chi connectivity index (χ4n) is 3.26. The van der Waals surface area contributed by atoms with Gasteiger partial charge in [-0.2, -0.15) is 0 Å². The van der Waals surface area contributed by atoms with Crippen molar-refractivity contribution in [2.24, 2.45) is 0 Å². The van der Waals surface area contributed by atoms with Gasteiger partial charge in [-0.15, -0.1) is 0 Å². The third-order valence-electron chi connectivity index (χ3n) is 4.30. The highest BCUT2D eigenvalue weighted by atomic mass is 16.6. The van der Waals surface area contributed by atoms with E-state index in [1.807, 2.05) is 45.0 Å². The maximum atomic E-state index is 12.4. The number of rotatable bonds is 4. The number of benzene rings is 2. The molecule has 0 N–H and O–H groups in total. The maximum absolute atomic E-state index is 12.4. The molecular formula is C20H22N2O4. The smallest absolute Gasteiger partial charge is 0.308 e. The largest absolute Gasteiger partial charge is 0.460 e. The van der Waals surface area contributed by atoms with E-state index in [9.17, 15) is 14.9 Å². The third kappa shape index (κ3) is 3.85. The minimum absolute atomic E-state index is 0.0501. The van der Waals surface area contributed by atoms with Crippen LogP contribution in [0.25, 0.3) is 0 Å². The number of esters is 1. The van der Waals surface area contributed by atoms with Crippen LogP contribution in [0.4, 0.5) is 11.4 Å². The average molecular weight is 354 g/mol. The lowest BCUT2D eigenvalue weighted by molar-refractivity contribution is -0.384. The van der Waals surface area contributed by atoms with Gasteiger partial charge in [0.25, 0.3) is 5.69 Å². The summed E-state index contributed by atoms with van der Waals surface area (Å²) >= 11 is 0. The Kier molecular flexibility index (Phi) is 4.68. The summed E-state index contributed by atoms with van der Waals surface area (Å²) in [6.07, 6.45) is 0.227. The molecule has 2 aromatic carbocycles. The molecule has 0 radical (unpaired) electrons. The van der Waals surface area contributed by atoms with Crippen molar-refractivity contribution in [3.8, 4) is 0 Å². The predicted octanol–water partition coefficient (Wildman–Crippen LogP) is 4.39. The molecule has 0 amide bonds. The van der Waals surface area contributed by atoms with E-state index < -0.39 is 10.5 Å². The Hall–Kier alpha value is -2.89. The molecule has 3 rings (SSSR count). The Balaban J connectivity index is 1.88. The zero-order chi connectivity index (χ0) is 18.9. The van der Waals surface area contributed by atoms with Gasteiger partial charge in [0.1, 0.15) is 5.60 Å². The Morgan fingerprint density at radius 1 is 1.19 bits per heavy atom. The van der Waals surface area contributed by atoms with E-state index in [2.05, 4.69) is 4.90 Å². The van der Waals surface area contributed by atoms with Crippen LogP contribution >= 0.6 is 0 Å². The zero-order valence-corrected chi connectivity index (χ0v) is 15.1. The van der Waals surface area contributed by atoms with Gasteiger partial charge in [0.2, 0.25) is 0 Å². The number of fused-ring (bicyclic) bond motifs is 1. The lowest BCUT2D eigenvalue weighted by Gasteiger charge is -2.28. The van der Waals surface area contributed by atoms with Crippen LogP contribution in [0, 0.1) is 10.1 Å². The zero-order valence-electron chi connectivity index (χ0n) is 15.1. The first-order valence-corrected chi connectivity index (χ1v) is 8.55. The van der Waals surface area contributed by atoms with Gasteiger partial charge in [0, 0.05) is 24.4 Å². The third-order valence-corrected chi connectivity index (χ3v) is 4.30. The van der Waals surface area contributed by atoms with E-state index in [1.165, 1.54) is 12.1 Å². The number of anilines is 1. The highest BCUT2D eigenvalue weighted by Crippen LogP contribution is 2.40. The predicted molar refractivity (Wildman–Crippen MR) is 98.9 cm³/mol. The Bertz CT molecular complexity index is 824. The highest BCUT2D eigenvalue weighted by molar-refractivity contribution is 5.73. The number of ether oxygens (including phenoxy) is 1. The summed E-state index contributed by atoms with van der Waals surface area (Å²) in [5.41, 5.74) is 2.61. The molecule has 1 unspecified atom stereocenters. The molecule has 1 heterocycles. The molecule has 0 saturated heterocycles. The van der Waals surface area contributed by atoms with Crippen LogP contribution in [0.15, 0.2) is 48.5 Å². The summed E-state index contributed by atoms with van der Waals surface area (Å²) in [7, 11) is 0. The Morgan fingerprint density at radius 2 is 1.85 bits per heavy atom. The molecule has 26 heavy (non-hydrogen) atoms. The first-order chi connectivity index (χ1) is 12.2. The molecule has 0 aromatic heterocycles. The number of nitro benzene ring substituents is 1. The average Bonchev–Trinajstić information content (AvgIpc) is 2.92. The van der Waals surface area contributed by atoms with E-state index in [1.54, 1.807) is 12.1 Å². The molecule has 0 bridgehead atoms. The summed E-state index contributed by atoms with van der Waals surface area (Å²) in [6, 6.07) is 14.3. The number of carbonyl (C=O) groups is 1. The van der Waals surface area contributed by atoms with Crippen LogP contribution in [0.1, 0.15) is 44.4 Å².